The van der Waals surface area contributed by atoms with Crippen LogP contribution in [0.15, 0.2) is 88.5 Å². The Hall–Kier alpha value is -4.39. The van der Waals surface area contributed by atoms with Gasteiger partial charge >= 0.3 is 0 Å². The van der Waals surface area contributed by atoms with Gasteiger partial charge in [-0.05, 0) is 29.8 Å². The fourth-order valence-electron chi connectivity index (χ4n) is 3.13. The Kier molecular flexibility index (Phi) is 5.49. The van der Waals surface area contributed by atoms with Gasteiger partial charge < -0.3 is 21.1 Å². The molecule has 31 heavy (non-hydrogen) atoms. The number of benzene rings is 3. The summed E-state index contributed by atoms with van der Waals surface area (Å²) in [5, 5.41) is 19.0. The van der Waals surface area contributed by atoms with Gasteiger partial charge in [-0.2, -0.15) is 0 Å². The molecule has 0 aromatic heterocycles. The molecule has 7 nitrogen and oxygen atoms in total. The zero-order valence-electron chi connectivity index (χ0n) is 16.4. The summed E-state index contributed by atoms with van der Waals surface area (Å²) in [6.45, 7) is 0.306. The maximum Gasteiger partial charge on any atom is 0.255 e. The van der Waals surface area contributed by atoms with Crippen LogP contribution in [-0.2, 0) is 6.54 Å². The van der Waals surface area contributed by atoms with Crippen LogP contribution < -0.4 is 26.8 Å². The molecule has 0 aliphatic carbocycles. The third-order valence-electron chi connectivity index (χ3n) is 4.79. The first kappa shape index (κ1) is 19.9. The molecule has 1 amide bonds. The first-order valence-electron chi connectivity index (χ1n) is 9.61. The number of phenolic OH excluding ortho intramolecular Hbond substituents is 1. The molecule has 4 aromatic rings. The number of nitrogens with one attached hydrogen (secondary N) is 3. The molecule has 0 unspecified atom stereocenters. The molecule has 154 valence electrons. The Labute approximate surface area is 177 Å². The Balaban J connectivity index is 1.53. The molecule has 0 saturated heterocycles. The average molecular weight is 413 g/mol. The molecule has 0 saturated carbocycles. The molecule has 4 rings (SSSR count). The molecule has 0 aliphatic heterocycles. The van der Waals surface area contributed by atoms with Crippen molar-refractivity contribution in [1.82, 2.24) is 5.32 Å². The molecule has 0 heterocycles. The predicted molar refractivity (Wildman–Crippen MR) is 120 cm³/mol. The minimum atomic E-state index is -0.697. The van der Waals surface area contributed by atoms with Crippen molar-refractivity contribution in [1.29, 1.82) is 0 Å². The number of carbonyl (C=O) groups is 1. The van der Waals surface area contributed by atoms with E-state index in [4.69, 9.17) is 0 Å². The van der Waals surface area contributed by atoms with Gasteiger partial charge in [0.05, 0.1) is 11.3 Å². The van der Waals surface area contributed by atoms with Crippen LogP contribution in [0.4, 0.5) is 22.7 Å². The molecular formula is C24H19N3O4. The fraction of sp³-hybridized carbons (Fsp3) is 0.0417. The molecule has 0 aliphatic rings. The second-order valence-corrected chi connectivity index (χ2v) is 6.89. The van der Waals surface area contributed by atoms with E-state index in [1.165, 1.54) is 12.1 Å². The summed E-state index contributed by atoms with van der Waals surface area (Å²) in [6.07, 6.45) is 0. The number of rotatable bonds is 7. The largest absolute Gasteiger partial charge is 0.505 e. The number of carbonyl (C=O) groups excluding carboxylic acids is 1. The van der Waals surface area contributed by atoms with Gasteiger partial charge in [0.2, 0.25) is 0 Å². The van der Waals surface area contributed by atoms with Crippen molar-refractivity contribution in [2.75, 3.05) is 10.6 Å². The first-order chi connectivity index (χ1) is 15.0. The fourth-order valence-corrected chi connectivity index (χ4v) is 3.13. The molecule has 0 spiro atoms. The summed E-state index contributed by atoms with van der Waals surface area (Å²) in [5.41, 5.74) is 0.563. The Morgan fingerprint density at radius 1 is 0.742 bits per heavy atom. The smallest absolute Gasteiger partial charge is 0.255 e. The molecule has 0 radical (unpaired) electrons. The summed E-state index contributed by atoms with van der Waals surface area (Å²) >= 11 is 0. The monoisotopic (exact) mass is 413 g/mol. The number of hydrogen-bond donors (Lipinski definition) is 4. The van der Waals surface area contributed by atoms with Crippen molar-refractivity contribution in [3.63, 3.8) is 0 Å². The van der Waals surface area contributed by atoms with Crippen LogP contribution in [0.1, 0.15) is 15.9 Å². The van der Waals surface area contributed by atoms with Crippen LogP contribution in [0, 0.1) is 0 Å². The van der Waals surface area contributed by atoms with Gasteiger partial charge in [0.15, 0.2) is 5.75 Å². The van der Waals surface area contributed by atoms with Crippen molar-refractivity contribution >= 4 is 28.7 Å². The highest BCUT2D eigenvalue weighted by Crippen LogP contribution is 2.32. The zero-order valence-corrected chi connectivity index (χ0v) is 16.4. The standard InChI is InChI=1S/C24H19N3O4/c28-21-17(24(31)25-14-15-8-3-1-4-9-15)12-7-13-18(21)27-20-19(22(29)23(20)30)26-16-10-5-2-6-11-16/h1-13,26-28H,14H2,(H,25,31). The molecule has 0 atom stereocenters. The van der Waals surface area contributed by atoms with E-state index in [-0.39, 0.29) is 28.4 Å². The van der Waals surface area contributed by atoms with E-state index in [9.17, 15) is 19.5 Å². The van der Waals surface area contributed by atoms with E-state index in [1.54, 1.807) is 30.3 Å². The van der Waals surface area contributed by atoms with E-state index >= 15 is 0 Å². The van der Waals surface area contributed by atoms with Crippen LogP contribution in [0.25, 0.3) is 0 Å². The third-order valence-corrected chi connectivity index (χ3v) is 4.79. The highest BCUT2D eigenvalue weighted by molar-refractivity contribution is 5.99. The second kappa shape index (κ2) is 8.54. The second-order valence-electron chi connectivity index (χ2n) is 6.89. The quantitative estimate of drug-likeness (QED) is 0.273. The summed E-state index contributed by atoms with van der Waals surface area (Å²) in [7, 11) is 0. The van der Waals surface area contributed by atoms with E-state index in [0.29, 0.717) is 12.2 Å². The van der Waals surface area contributed by atoms with Gasteiger partial charge in [0.1, 0.15) is 11.4 Å². The number of para-hydroxylation sites is 2. The summed E-state index contributed by atoms with van der Waals surface area (Å²) < 4.78 is 0. The number of anilines is 4. The average Bonchev–Trinajstić information content (AvgIpc) is 2.81. The van der Waals surface area contributed by atoms with E-state index in [1.807, 2.05) is 36.4 Å². The molecule has 0 bridgehead atoms. The minimum absolute atomic E-state index is 0.0333. The molecular weight excluding hydrogens is 394 g/mol. The number of amides is 1. The molecule has 4 aromatic carbocycles. The van der Waals surface area contributed by atoms with Gasteiger partial charge in [-0.3, -0.25) is 14.4 Å². The van der Waals surface area contributed by atoms with Gasteiger partial charge in [-0.1, -0.05) is 54.6 Å². The van der Waals surface area contributed by atoms with Crippen LogP contribution in [0.2, 0.25) is 0 Å². The van der Waals surface area contributed by atoms with Gasteiger partial charge in [-0.25, -0.2) is 0 Å². The normalized spacial score (nSPS) is 10.6. The number of aromatic hydroxyl groups is 1. The lowest BCUT2D eigenvalue weighted by Crippen LogP contribution is -2.35. The lowest BCUT2D eigenvalue weighted by atomic mass is 10.1. The van der Waals surface area contributed by atoms with Gasteiger partial charge in [-0.15, -0.1) is 0 Å². The molecule has 7 heteroatoms. The summed E-state index contributed by atoms with van der Waals surface area (Å²) in [6, 6.07) is 22.9. The SMILES string of the molecule is O=C(NCc1ccccc1)c1cccc(Nc2c(Nc3ccccc3)c(=O)c2=O)c1O. The van der Waals surface area contributed by atoms with Crippen LogP contribution in [0.3, 0.4) is 0 Å². The van der Waals surface area contributed by atoms with Crippen molar-refractivity contribution in [2.24, 2.45) is 0 Å². The van der Waals surface area contributed by atoms with Crippen LogP contribution in [0.5, 0.6) is 5.75 Å². The van der Waals surface area contributed by atoms with E-state index in [2.05, 4.69) is 16.0 Å². The van der Waals surface area contributed by atoms with Crippen LogP contribution in [-0.4, -0.2) is 11.0 Å². The Morgan fingerprint density at radius 2 is 1.35 bits per heavy atom. The lowest BCUT2D eigenvalue weighted by Gasteiger charge is -2.16. The van der Waals surface area contributed by atoms with Crippen molar-refractivity contribution in [3.8, 4) is 5.75 Å². The number of hydrogen-bond acceptors (Lipinski definition) is 6. The minimum Gasteiger partial charge on any atom is -0.505 e. The van der Waals surface area contributed by atoms with Crippen molar-refractivity contribution in [3.05, 3.63) is 110 Å². The maximum absolute atomic E-state index is 12.5. The highest BCUT2D eigenvalue weighted by Gasteiger charge is 2.23. The van der Waals surface area contributed by atoms with E-state index in [0.717, 1.165) is 5.56 Å². The summed E-state index contributed by atoms with van der Waals surface area (Å²) in [5.74, 6) is -0.774. The molecule has 4 N–H and O–H groups in total. The third kappa shape index (κ3) is 4.16. The summed E-state index contributed by atoms with van der Waals surface area (Å²) in [4.78, 5) is 36.6. The Bertz CT molecular complexity index is 1290. The highest BCUT2D eigenvalue weighted by atomic mass is 16.3. The van der Waals surface area contributed by atoms with Crippen molar-refractivity contribution < 1.29 is 9.90 Å². The van der Waals surface area contributed by atoms with E-state index < -0.39 is 16.8 Å². The zero-order chi connectivity index (χ0) is 21.8. The maximum atomic E-state index is 12.5. The topological polar surface area (TPSA) is 108 Å². The van der Waals surface area contributed by atoms with Gasteiger partial charge in [0.25, 0.3) is 16.8 Å². The Morgan fingerprint density at radius 3 is 2.03 bits per heavy atom. The first-order valence-corrected chi connectivity index (χ1v) is 9.61. The lowest BCUT2D eigenvalue weighted by molar-refractivity contribution is 0.0948. The van der Waals surface area contributed by atoms with Gasteiger partial charge in [0, 0.05) is 12.2 Å². The predicted octanol–water partition coefficient (Wildman–Crippen LogP) is 3.41. The number of phenols is 1. The molecule has 0 fully saturated rings. The van der Waals surface area contributed by atoms with Crippen LogP contribution >= 0.6 is 0 Å². The van der Waals surface area contributed by atoms with Crippen molar-refractivity contribution in [2.45, 2.75) is 6.54 Å².